The van der Waals surface area contributed by atoms with Crippen molar-refractivity contribution < 1.29 is 46.3 Å². The van der Waals surface area contributed by atoms with Gasteiger partial charge in [-0.25, -0.2) is 22.4 Å². The van der Waals surface area contributed by atoms with Crippen molar-refractivity contribution in [3.8, 4) is 0 Å². The van der Waals surface area contributed by atoms with E-state index in [9.17, 15) is 36.8 Å². The van der Waals surface area contributed by atoms with Crippen LogP contribution in [-0.2, 0) is 47.0 Å². The fourth-order valence-electron chi connectivity index (χ4n) is 8.00. The minimum absolute atomic E-state index is 0.00682. The number of ether oxygens (including phenoxy) is 2. The van der Waals surface area contributed by atoms with E-state index in [-0.39, 0.29) is 38.4 Å². The Kier molecular flexibility index (Phi) is 11.1. The Morgan fingerprint density at radius 1 is 1.05 bits per heavy atom. The second-order valence-corrected chi connectivity index (χ2v) is 19.7. The second-order valence-electron chi connectivity index (χ2n) is 17.5. The van der Waals surface area contributed by atoms with Crippen LogP contribution in [0.25, 0.3) is 0 Å². The number of rotatable bonds is 5. The van der Waals surface area contributed by atoms with Crippen LogP contribution in [0.15, 0.2) is 30.4 Å². The summed E-state index contributed by atoms with van der Waals surface area (Å²) in [4.78, 5) is 72.2. The zero-order valence-corrected chi connectivity index (χ0v) is 33.3. The Balaban J connectivity index is 1.30. The number of halogens is 1. The monoisotopic (exact) mass is 787 g/mol. The van der Waals surface area contributed by atoms with E-state index in [0.717, 1.165) is 6.42 Å². The Morgan fingerprint density at radius 3 is 2.45 bits per heavy atom. The van der Waals surface area contributed by atoms with Crippen LogP contribution in [-0.4, -0.2) is 88.7 Å². The van der Waals surface area contributed by atoms with Crippen molar-refractivity contribution >= 4 is 39.9 Å². The number of carbonyl (C=O) groups is 5. The van der Waals surface area contributed by atoms with Crippen LogP contribution in [0.3, 0.4) is 0 Å². The lowest BCUT2D eigenvalue weighted by molar-refractivity contribution is -0.142. The highest BCUT2D eigenvalue weighted by atomic mass is 32.2. The number of hydrogen-bond acceptors (Lipinski definition) is 9. The van der Waals surface area contributed by atoms with Gasteiger partial charge >= 0.3 is 12.2 Å². The van der Waals surface area contributed by atoms with Crippen LogP contribution in [0.2, 0.25) is 0 Å². The molecule has 5 aliphatic rings. The summed E-state index contributed by atoms with van der Waals surface area (Å²) < 4.78 is 53.4. The largest absolute Gasteiger partial charge is 0.444 e. The van der Waals surface area contributed by atoms with Crippen molar-refractivity contribution in [2.45, 2.75) is 140 Å². The molecule has 1 saturated heterocycles. The molecular weight excluding hydrogens is 734 g/mol. The smallest absolute Gasteiger partial charge is 0.410 e. The number of fused-ring (bicyclic) bond motifs is 3. The van der Waals surface area contributed by atoms with Crippen LogP contribution in [0.1, 0.15) is 104 Å². The summed E-state index contributed by atoms with van der Waals surface area (Å²) in [7, 11) is -4.03. The molecule has 3 N–H and O–H groups in total. The first-order chi connectivity index (χ1) is 25.7. The summed E-state index contributed by atoms with van der Waals surface area (Å²) in [6.45, 7) is 10.5. The molecule has 0 bridgehead atoms. The number of hydrogen-bond donors (Lipinski definition) is 3. The van der Waals surface area contributed by atoms with E-state index in [2.05, 4.69) is 22.3 Å². The topological polar surface area (TPSA) is 181 Å². The molecule has 3 fully saturated rings. The van der Waals surface area contributed by atoms with E-state index in [0.29, 0.717) is 43.2 Å². The van der Waals surface area contributed by atoms with Crippen LogP contribution < -0.4 is 15.4 Å². The van der Waals surface area contributed by atoms with Crippen molar-refractivity contribution in [1.29, 1.82) is 0 Å². The van der Waals surface area contributed by atoms with Crippen molar-refractivity contribution in [3.63, 3.8) is 0 Å². The summed E-state index contributed by atoms with van der Waals surface area (Å²) in [5, 5.41) is 5.59. The summed E-state index contributed by atoms with van der Waals surface area (Å²) >= 11 is 0. The van der Waals surface area contributed by atoms with Crippen molar-refractivity contribution in [2.24, 2.45) is 17.8 Å². The summed E-state index contributed by atoms with van der Waals surface area (Å²) in [5.74, 6) is -3.25. The standard InChI is InChI=1S/C39H54FN5O9S/c1-23-11-8-7-9-13-26-19-39(26,34(48)43-55(51,52)38(6)15-16-38)42-32(46)30-18-27(53-36(50)44-20-25-12-10-14-29(40)28(25)22-44)21-45(30)33(47)31(24(2)17-23)41-35(49)54-37(3,4)5/h7,9-10,12,14,23-24,26-27,30-31H,8,11,13,15-22H2,1-6H3,(H,41,49)(H,42,46)(H,43,48)/b9-7-/t23-,24-,26-,27-,30+,31+,39-/m1/s1. The third kappa shape index (κ3) is 8.78. The van der Waals surface area contributed by atoms with Crippen LogP contribution in [0.5, 0.6) is 0 Å². The second kappa shape index (κ2) is 15.0. The van der Waals surface area contributed by atoms with Crippen LogP contribution in [0, 0.1) is 23.6 Å². The van der Waals surface area contributed by atoms with E-state index in [1.807, 2.05) is 19.1 Å². The third-order valence-corrected chi connectivity index (χ3v) is 13.8. The average molecular weight is 788 g/mol. The highest BCUT2D eigenvalue weighted by molar-refractivity contribution is 7.91. The van der Waals surface area contributed by atoms with Gasteiger partial charge in [0, 0.05) is 18.5 Å². The van der Waals surface area contributed by atoms with Gasteiger partial charge in [-0.3, -0.25) is 24.0 Å². The highest BCUT2D eigenvalue weighted by Crippen LogP contribution is 2.48. The first-order valence-electron chi connectivity index (χ1n) is 19.3. The molecule has 1 aromatic rings. The van der Waals surface area contributed by atoms with Crippen molar-refractivity contribution in [3.05, 3.63) is 47.3 Å². The molecule has 7 atom stereocenters. The van der Waals surface area contributed by atoms with E-state index in [1.54, 1.807) is 39.8 Å². The number of allylic oxidation sites excluding steroid dienone is 2. The van der Waals surface area contributed by atoms with Gasteiger partial charge in [0.05, 0.1) is 17.8 Å². The van der Waals surface area contributed by atoms with Gasteiger partial charge in [-0.05, 0) is 102 Å². The quantitative estimate of drug-likeness (QED) is 0.365. The maximum atomic E-state index is 14.7. The van der Waals surface area contributed by atoms with Gasteiger partial charge in [-0.15, -0.1) is 0 Å². The van der Waals surface area contributed by atoms with Gasteiger partial charge < -0.3 is 25.0 Å². The summed E-state index contributed by atoms with van der Waals surface area (Å²) in [6.07, 6.45) is 4.77. The number of amides is 5. The molecule has 2 saturated carbocycles. The normalized spacial score (nSPS) is 31.3. The van der Waals surface area contributed by atoms with E-state index in [1.165, 1.54) is 15.9 Å². The fourth-order valence-corrected chi connectivity index (χ4v) is 9.31. The third-order valence-electron chi connectivity index (χ3n) is 11.7. The maximum absolute atomic E-state index is 14.7. The fraction of sp³-hybridized carbons (Fsp3) is 0.667. The molecule has 2 aliphatic carbocycles. The number of carbonyl (C=O) groups excluding carboxylic acids is 5. The zero-order valence-electron chi connectivity index (χ0n) is 32.5. The molecule has 0 unspecified atom stereocenters. The minimum atomic E-state index is -4.03. The van der Waals surface area contributed by atoms with Crippen LogP contribution in [0.4, 0.5) is 14.0 Å². The molecule has 0 radical (unpaired) electrons. The lowest BCUT2D eigenvalue weighted by Crippen LogP contribution is -2.59. The molecule has 14 nitrogen and oxygen atoms in total. The van der Waals surface area contributed by atoms with Gasteiger partial charge in [0.25, 0.3) is 5.91 Å². The molecule has 6 rings (SSSR count). The number of benzene rings is 1. The predicted octanol–water partition coefficient (Wildman–Crippen LogP) is 4.42. The minimum Gasteiger partial charge on any atom is -0.444 e. The Hall–Kier alpha value is -4.21. The molecule has 55 heavy (non-hydrogen) atoms. The van der Waals surface area contributed by atoms with Crippen LogP contribution >= 0.6 is 0 Å². The summed E-state index contributed by atoms with van der Waals surface area (Å²) in [6, 6.07) is 2.23. The van der Waals surface area contributed by atoms with Gasteiger partial charge in [-0.2, -0.15) is 0 Å². The molecule has 0 spiro atoms. The van der Waals surface area contributed by atoms with E-state index >= 15 is 0 Å². The van der Waals surface area contributed by atoms with Gasteiger partial charge in [0.15, 0.2) is 0 Å². The maximum Gasteiger partial charge on any atom is 0.410 e. The Morgan fingerprint density at radius 2 is 1.78 bits per heavy atom. The van der Waals surface area contributed by atoms with Gasteiger partial charge in [0.2, 0.25) is 21.8 Å². The average Bonchev–Trinajstić information content (AvgIpc) is 3.88. The number of nitrogens with one attached hydrogen (secondary N) is 3. The molecule has 3 heterocycles. The molecule has 3 aliphatic heterocycles. The first-order valence-corrected chi connectivity index (χ1v) is 20.8. The van der Waals surface area contributed by atoms with Gasteiger partial charge in [-0.1, -0.05) is 38.1 Å². The van der Waals surface area contributed by atoms with E-state index in [4.69, 9.17) is 9.47 Å². The molecular formula is C39H54FN5O9S. The SMILES string of the molecule is C[C@@H]1CC/C=C\C[C@@H]2C[C@@]2(C(=O)NS(=O)(=O)C2(C)CC2)NC(=O)[C@@H]2C[C@@H](OC(=O)N3Cc4cccc(F)c4C3)CN2C(=O)[C@@H](NC(=O)OC(C)(C)C)[C@H](C)C1. The Bertz CT molecular complexity index is 1860. The predicted molar refractivity (Wildman–Crippen MR) is 199 cm³/mol. The van der Waals surface area contributed by atoms with E-state index < -0.39 is 91.7 Å². The first kappa shape index (κ1) is 40.5. The summed E-state index contributed by atoms with van der Waals surface area (Å²) in [5.41, 5.74) is -1.38. The van der Waals surface area contributed by atoms with Crippen molar-refractivity contribution in [2.75, 3.05) is 6.54 Å². The number of sulfonamides is 1. The highest BCUT2D eigenvalue weighted by Gasteiger charge is 2.63. The number of nitrogens with zero attached hydrogens (tertiary/aromatic N) is 2. The Labute approximate surface area is 322 Å². The molecule has 16 heteroatoms. The molecule has 1 aromatic carbocycles. The molecule has 0 aromatic heterocycles. The molecule has 302 valence electrons. The van der Waals surface area contributed by atoms with Gasteiger partial charge in [0.1, 0.15) is 35.1 Å². The lowest BCUT2D eigenvalue weighted by Gasteiger charge is -2.33. The zero-order chi connectivity index (χ0) is 40.1. The number of alkyl carbamates (subject to hydrolysis) is 1. The van der Waals surface area contributed by atoms with Crippen molar-refractivity contribution in [1.82, 2.24) is 25.2 Å². The lowest BCUT2D eigenvalue weighted by atomic mass is 9.88. The molecule has 5 amide bonds.